The van der Waals surface area contributed by atoms with Crippen LogP contribution in [0.3, 0.4) is 0 Å². The van der Waals surface area contributed by atoms with Crippen LogP contribution in [-0.2, 0) is 14.6 Å². The van der Waals surface area contributed by atoms with Gasteiger partial charge in [-0.3, -0.25) is 9.59 Å². The molecule has 2 fully saturated rings. The predicted molar refractivity (Wildman–Crippen MR) is 149 cm³/mol. The fraction of sp³-hybridized carbons (Fsp3) is 0.481. The summed E-state index contributed by atoms with van der Waals surface area (Å²) in [7, 11) is -1.04. The van der Waals surface area contributed by atoms with Gasteiger partial charge in [-0.25, -0.2) is 12.8 Å². The number of nitrogens with one attached hydrogen (secondary N) is 2. The van der Waals surface area contributed by atoms with Crippen molar-refractivity contribution in [3.8, 4) is 0 Å². The molecular weight excluding hydrogens is 513 g/mol. The van der Waals surface area contributed by atoms with Crippen LogP contribution in [0.25, 0.3) is 0 Å². The minimum atomic E-state index is -3.01. The molecule has 1 saturated carbocycles. The van der Waals surface area contributed by atoms with Crippen LogP contribution in [0.4, 0.5) is 4.39 Å². The normalized spacial score (nSPS) is 15.9. The van der Waals surface area contributed by atoms with Gasteiger partial charge in [0.25, 0.3) is 5.91 Å². The summed E-state index contributed by atoms with van der Waals surface area (Å²) in [6, 6.07) is 13.9. The van der Waals surface area contributed by atoms with Gasteiger partial charge in [0.1, 0.15) is 5.82 Å². The van der Waals surface area contributed by atoms with Gasteiger partial charge < -0.3 is 15.5 Å². The molecule has 4 rings (SSSR count). The number of carbonyl (C=O) groups is 2. The van der Waals surface area contributed by atoms with Crippen molar-refractivity contribution in [3.05, 3.63) is 71.0 Å². The highest BCUT2D eigenvalue weighted by Gasteiger charge is 2.25. The topological polar surface area (TPSA) is 95.6 Å². The van der Waals surface area contributed by atoms with E-state index in [0.717, 1.165) is 18.0 Å². The molecule has 0 aromatic heterocycles. The van der Waals surface area contributed by atoms with Crippen LogP contribution < -0.4 is 10.6 Å². The Labute approximate surface area is 224 Å². The number of benzene rings is 2. The molecule has 37 heavy (non-hydrogen) atoms. The molecule has 0 spiro atoms. The highest BCUT2D eigenvalue weighted by atomic mass is 32.2. The molecule has 204 valence electrons. The van der Waals surface area contributed by atoms with Gasteiger partial charge in [-0.15, -0.1) is 0 Å². The third-order valence-electron chi connectivity index (χ3n) is 5.89. The van der Waals surface area contributed by atoms with Crippen molar-refractivity contribution in [1.82, 2.24) is 15.5 Å². The number of nitrogens with zero attached hydrogens (tertiary/aromatic N) is 1. The highest BCUT2D eigenvalue weighted by Crippen LogP contribution is 2.39. The van der Waals surface area contributed by atoms with Crippen LogP contribution in [0.15, 0.2) is 48.5 Å². The number of hydrogen-bond donors (Lipinski definition) is 2. The third-order valence-corrected chi connectivity index (χ3v) is 8.11. The van der Waals surface area contributed by atoms with Gasteiger partial charge in [0, 0.05) is 31.0 Å². The van der Waals surface area contributed by atoms with E-state index in [4.69, 9.17) is 0 Å². The Balaban J connectivity index is 0.000000246. The van der Waals surface area contributed by atoms with Crippen molar-refractivity contribution in [2.45, 2.75) is 25.7 Å². The first kappa shape index (κ1) is 30.8. The lowest BCUT2D eigenvalue weighted by molar-refractivity contribution is -0.129. The first-order valence-corrected chi connectivity index (χ1v) is 15.6. The van der Waals surface area contributed by atoms with Gasteiger partial charge in [-0.05, 0) is 68.8 Å². The number of halogens is 1. The van der Waals surface area contributed by atoms with Crippen LogP contribution in [0.1, 0.15) is 40.2 Å². The summed E-state index contributed by atoms with van der Waals surface area (Å²) < 4.78 is 34.9. The SMILES string of the molecule is CNCCSC.Cc1ccc(C(=O)NCC(=O)N2CCS(=O)(=O)CC2)cc1.Fc1ccc(C2CC2)cc1. The average Bonchev–Trinajstić information content (AvgIpc) is 3.73. The molecule has 1 heterocycles. The first-order valence-electron chi connectivity index (χ1n) is 12.4. The molecule has 2 aliphatic rings. The van der Waals surface area contributed by atoms with Gasteiger partial charge in [0.2, 0.25) is 5.91 Å². The molecule has 1 saturated heterocycles. The Morgan fingerprint density at radius 2 is 1.62 bits per heavy atom. The minimum absolute atomic E-state index is 0.00928. The quantitative estimate of drug-likeness (QED) is 0.513. The van der Waals surface area contributed by atoms with E-state index in [2.05, 4.69) is 16.9 Å². The van der Waals surface area contributed by atoms with Crippen LogP contribution >= 0.6 is 11.8 Å². The summed E-state index contributed by atoms with van der Waals surface area (Å²) in [5.74, 6) is 1.23. The molecule has 2 amide bonds. The van der Waals surface area contributed by atoms with Crippen LogP contribution in [0.5, 0.6) is 0 Å². The van der Waals surface area contributed by atoms with E-state index in [1.54, 1.807) is 12.1 Å². The second-order valence-corrected chi connectivity index (χ2v) is 12.3. The van der Waals surface area contributed by atoms with Crippen molar-refractivity contribution in [1.29, 1.82) is 0 Å². The van der Waals surface area contributed by atoms with Gasteiger partial charge >= 0.3 is 0 Å². The summed E-state index contributed by atoms with van der Waals surface area (Å²) >= 11 is 1.86. The highest BCUT2D eigenvalue weighted by molar-refractivity contribution is 7.98. The Morgan fingerprint density at radius 1 is 1.03 bits per heavy atom. The van der Waals surface area contributed by atoms with Gasteiger partial charge in [-0.2, -0.15) is 11.8 Å². The van der Waals surface area contributed by atoms with Crippen molar-refractivity contribution in [2.75, 3.05) is 56.7 Å². The van der Waals surface area contributed by atoms with Crippen molar-refractivity contribution in [2.24, 2.45) is 0 Å². The number of aryl methyl sites for hydroxylation is 1. The molecule has 1 aliphatic carbocycles. The smallest absolute Gasteiger partial charge is 0.251 e. The van der Waals surface area contributed by atoms with E-state index in [1.165, 1.54) is 41.2 Å². The maximum atomic E-state index is 12.4. The fourth-order valence-electron chi connectivity index (χ4n) is 3.39. The Morgan fingerprint density at radius 3 is 2.11 bits per heavy atom. The Bertz CT molecular complexity index is 1070. The maximum Gasteiger partial charge on any atom is 0.251 e. The van der Waals surface area contributed by atoms with Crippen molar-refractivity contribution >= 4 is 33.4 Å². The minimum Gasteiger partial charge on any atom is -0.343 e. The third kappa shape index (κ3) is 12.1. The summed E-state index contributed by atoms with van der Waals surface area (Å²) in [4.78, 5) is 25.3. The summed E-state index contributed by atoms with van der Waals surface area (Å²) in [6.07, 6.45) is 4.68. The lowest BCUT2D eigenvalue weighted by Gasteiger charge is -2.26. The average molecular weight is 552 g/mol. The van der Waals surface area contributed by atoms with Gasteiger partial charge in [0.15, 0.2) is 9.84 Å². The number of amides is 2. The van der Waals surface area contributed by atoms with Crippen molar-refractivity contribution in [3.63, 3.8) is 0 Å². The van der Waals surface area contributed by atoms with E-state index in [0.29, 0.717) is 5.56 Å². The van der Waals surface area contributed by atoms with E-state index in [-0.39, 0.29) is 48.8 Å². The molecular formula is C27H38FN3O4S2. The predicted octanol–water partition coefficient (Wildman–Crippen LogP) is 3.25. The molecule has 1 aliphatic heterocycles. The number of sulfone groups is 1. The zero-order valence-corrected chi connectivity index (χ0v) is 23.5. The van der Waals surface area contributed by atoms with E-state index < -0.39 is 9.84 Å². The largest absolute Gasteiger partial charge is 0.343 e. The first-order chi connectivity index (χ1) is 17.6. The molecule has 0 unspecified atom stereocenters. The van der Waals surface area contributed by atoms with Gasteiger partial charge in [-0.1, -0.05) is 29.8 Å². The molecule has 2 aromatic carbocycles. The Hall–Kier alpha value is -2.43. The van der Waals surface area contributed by atoms with Crippen molar-refractivity contribution < 1.29 is 22.4 Å². The molecule has 0 radical (unpaired) electrons. The standard InChI is InChI=1S/C14H18N2O4S.C9H9F.C4H11NS/c1-11-2-4-12(5-3-11)14(18)15-10-13(17)16-6-8-21(19,20)9-7-16;10-9-5-3-8(4-6-9)7-1-2-7;1-5-3-4-6-2/h2-5H,6-10H2,1H3,(H,15,18);3-7H,1-2H2;5H,3-4H2,1-2H3. The second-order valence-electron chi connectivity index (χ2n) is 9.00. The van der Waals surface area contributed by atoms with E-state index in [1.807, 2.05) is 50.0 Å². The fourth-order valence-corrected chi connectivity index (χ4v) is 5.00. The lowest BCUT2D eigenvalue weighted by Crippen LogP contribution is -2.47. The van der Waals surface area contributed by atoms with E-state index in [9.17, 15) is 22.4 Å². The monoisotopic (exact) mass is 551 g/mol. The molecule has 0 bridgehead atoms. The Kier molecular flexibility index (Phi) is 13.1. The molecule has 7 nitrogen and oxygen atoms in total. The zero-order chi connectivity index (χ0) is 27.3. The number of rotatable bonds is 7. The molecule has 0 atom stereocenters. The molecule has 2 aromatic rings. The van der Waals surface area contributed by atoms with E-state index >= 15 is 0 Å². The summed E-state index contributed by atoms with van der Waals surface area (Å²) in [5, 5.41) is 5.60. The molecule has 2 N–H and O–H groups in total. The van der Waals surface area contributed by atoms with Crippen LogP contribution in [0.2, 0.25) is 0 Å². The number of hydrogen-bond acceptors (Lipinski definition) is 6. The van der Waals surface area contributed by atoms with Gasteiger partial charge in [0.05, 0.1) is 18.1 Å². The summed E-state index contributed by atoms with van der Waals surface area (Å²) in [6.45, 7) is 3.33. The molecule has 10 heteroatoms. The second kappa shape index (κ2) is 15.7. The van der Waals surface area contributed by atoms with Crippen LogP contribution in [0, 0.1) is 12.7 Å². The zero-order valence-electron chi connectivity index (χ0n) is 21.8. The maximum absolute atomic E-state index is 12.4. The number of thioether (sulfide) groups is 1. The number of carbonyl (C=O) groups excluding carboxylic acids is 2. The lowest BCUT2D eigenvalue weighted by atomic mass is 10.1. The van der Waals surface area contributed by atoms with Crippen LogP contribution in [-0.4, -0.2) is 81.9 Å². The summed E-state index contributed by atoms with van der Waals surface area (Å²) in [5.41, 5.74) is 2.84.